The van der Waals surface area contributed by atoms with E-state index in [9.17, 15) is 4.79 Å². The Morgan fingerprint density at radius 1 is 1.33 bits per heavy atom. The van der Waals surface area contributed by atoms with Crippen molar-refractivity contribution in [3.8, 4) is 0 Å². The molecule has 1 aliphatic rings. The number of thiophene rings is 1. The standard InChI is InChI=1S/C19H33N5O2S/c1-4-20-19(21-8-7-18(25)23-15(2)3)22-14-16(17-6-5-13-27-17)24-9-11-26-12-10-24/h5-6,13,15-16H,4,7-12,14H2,1-3H3,(H,23,25)(H2,20,21,22). The zero-order valence-electron chi connectivity index (χ0n) is 16.7. The second kappa shape index (κ2) is 11.9. The first-order valence-electron chi connectivity index (χ1n) is 9.77. The van der Waals surface area contributed by atoms with Crippen molar-refractivity contribution < 1.29 is 9.53 Å². The van der Waals surface area contributed by atoms with Crippen LogP contribution in [0.4, 0.5) is 0 Å². The quantitative estimate of drug-likeness (QED) is 0.437. The molecule has 1 amide bonds. The number of morpholine rings is 1. The number of nitrogens with zero attached hydrogens (tertiary/aromatic N) is 2. The number of aliphatic imine (C=N–C) groups is 1. The molecule has 0 aliphatic carbocycles. The van der Waals surface area contributed by atoms with Gasteiger partial charge in [-0.15, -0.1) is 11.3 Å². The van der Waals surface area contributed by atoms with Gasteiger partial charge in [-0.2, -0.15) is 0 Å². The number of guanidine groups is 1. The van der Waals surface area contributed by atoms with Gasteiger partial charge in [-0.1, -0.05) is 6.07 Å². The highest BCUT2D eigenvalue weighted by molar-refractivity contribution is 7.10. The Hall–Kier alpha value is -1.64. The van der Waals surface area contributed by atoms with Gasteiger partial charge in [0.25, 0.3) is 0 Å². The third kappa shape index (κ3) is 7.86. The first-order valence-corrected chi connectivity index (χ1v) is 10.6. The van der Waals surface area contributed by atoms with Crippen LogP contribution in [0.15, 0.2) is 22.5 Å². The van der Waals surface area contributed by atoms with E-state index in [1.165, 1.54) is 4.88 Å². The van der Waals surface area contributed by atoms with Gasteiger partial charge in [-0.25, -0.2) is 0 Å². The van der Waals surface area contributed by atoms with Crippen molar-refractivity contribution in [2.45, 2.75) is 39.3 Å². The molecular formula is C19H33N5O2S. The summed E-state index contributed by atoms with van der Waals surface area (Å²) in [5.74, 6) is 0.808. The van der Waals surface area contributed by atoms with E-state index < -0.39 is 0 Å². The van der Waals surface area contributed by atoms with Crippen molar-refractivity contribution in [3.05, 3.63) is 22.4 Å². The summed E-state index contributed by atoms with van der Waals surface area (Å²) in [6.07, 6.45) is 0.431. The van der Waals surface area contributed by atoms with E-state index in [1.807, 2.05) is 20.8 Å². The first-order chi connectivity index (χ1) is 13.1. The van der Waals surface area contributed by atoms with Crippen LogP contribution in [-0.2, 0) is 9.53 Å². The summed E-state index contributed by atoms with van der Waals surface area (Å²) < 4.78 is 5.50. The molecule has 1 fully saturated rings. The highest BCUT2D eigenvalue weighted by Gasteiger charge is 2.23. The largest absolute Gasteiger partial charge is 0.379 e. The first kappa shape index (κ1) is 21.7. The Morgan fingerprint density at radius 2 is 2.11 bits per heavy atom. The van der Waals surface area contributed by atoms with Crippen LogP contribution in [-0.4, -0.2) is 68.7 Å². The smallest absolute Gasteiger partial charge is 0.221 e. The molecule has 1 unspecified atom stereocenters. The normalized spacial score (nSPS) is 17.0. The summed E-state index contributed by atoms with van der Waals surface area (Å²) in [4.78, 5) is 20.4. The molecule has 8 heteroatoms. The fourth-order valence-corrected chi connectivity index (χ4v) is 3.82. The average Bonchev–Trinajstić information content (AvgIpc) is 3.16. The highest BCUT2D eigenvalue weighted by atomic mass is 32.1. The highest BCUT2D eigenvalue weighted by Crippen LogP contribution is 2.26. The molecule has 2 heterocycles. The van der Waals surface area contributed by atoms with Gasteiger partial charge < -0.3 is 20.7 Å². The molecule has 3 N–H and O–H groups in total. The molecule has 1 saturated heterocycles. The van der Waals surface area contributed by atoms with E-state index in [0.717, 1.165) is 38.8 Å². The van der Waals surface area contributed by atoms with Crippen LogP contribution in [0, 0.1) is 0 Å². The van der Waals surface area contributed by atoms with Crippen LogP contribution in [0.3, 0.4) is 0 Å². The minimum atomic E-state index is 0.0538. The molecule has 1 aromatic rings. The van der Waals surface area contributed by atoms with Crippen molar-refractivity contribution in [1.29, 1.82) is 0 Å². The van der Waals surface area contributed by atoms with Gasteiger partial charge in [0.15, 0.2) is 5.96 Å². The average molecular weight is 396 g/mol. The van der Waals surface area contributed by atoms with Crippen molar-refractivity contribution >= 4 is 23.2 Å². The number of rotatable bonds is 9. The zero-order valence-corrected chi connectivity index (χ0v) is 17.5. The van der Waals surface area contributed by atoms with Crippen molar-refractivity contribution in [3.63, 3.8) is 0 Å². The van der Waals surface area contributed by atoms with E-state index in [2.05, 4.69) is 38.4 Å². The Morgan fingerprint density at radius 3 is 2.74 bits per heavy atom. The van der Waals surface area contributed by atoms with Gasteiger partial charge in [0.1, 0.15) is 0 Å². The Labute approximate surface area is 166 Å². The maximum Gasteiger partial charge on any atom is 0.221 e. The molecular weight excluding hydrogens is 362 g/mol. The summed E-state index contributed by atoms with van der Waals surface area (Å²) >= 11 is 1.77. The number of ether oxygens (including phenoxy) is 1. The number of carbonyl (C=O) groups excluding carboxylic acids is 1. The summed E-state index contributed by atoms with van der Waals surface area (Å²) in [5, 5.41) is 11.6. The van der Waals surface area contributed by atoms with Gasteiger partial charge in [0.05, 0.1) is 25.8 Å². The number of hydrogen-bond acceptors (Lipinski definition) is 5. The van der Waals surface area contributed by atoms with Crippen LogP contribution in [0.25, 0.3) is 0 Å². The third-order valence-corrected chi connectivity index (χ3v) is 5.19. The van der Waals surface area contributed by atoms with Gasteiger partial charge in [-0.05, 0) is 32.2 Å². The number of hydrogen-bond donors (Lipinski definition) is 3. The van der Waals surface area contributed by atoms with Crippen LogP contribution < -0.4 is 16.0 Å². The lowest BCUT2D eigenvalue weighted by atomic mass is 10.2. The maximum atomic E-state index is 11.8. The van der Waals surface area contributed by atoms with Gasteiger partial charge in [0, 0.05) is 43.5 Å². The SMILES string of the molecule is CCNC(=NCC(c1cccs1)N1CCOCC1)NCCC(=O)NC(C)C. The predicted molar refractivity (Wildman–Crippen MR) is 111 cm³/mol. The molecule has 2 rings (SSSR count). The van der Waals surface area contributed by atoms with Crippen LogP contribution in [0.1, 0.15) is 38.1 Å². The molecule has 152 valence electrons. The third-order valence-electron chi connectivity index (χ3n) is 4.22. The summed E-state index contributed by atoms with van der Waals surface area (Å²) in [6.45, 7) is 11.4. The minimum absolute atomic E-state index is 0.0538. The molecule has 0 spiro atoms. The van der Waals surface area contributed by atoms with Crippen molar-refractivity contribution in [2.24, 2.45) is 4.99 Å². The molecule has 7 nitrogen and oxygen atoms in total. The minimum Gasteiger partial charge on any atom is -0.379 e. The molecule has 0 aromatic carbocycles. The molecule has 1 aliphatic heterocycles. The molecule has 1 atom stereocenters. The monoisotopic (exact) mass is 395 g/mol. The van der Waals surface area contributed by atoms with Gasteiger partial charge in [0.2, 0.25) is 5.91 Å². The van der Waals surface area contributed by atoms with E-state index in [1.54, 1.807) is 11.3 Å². The zero-order chi connectivity index (χ0) is 19.5. The van der Waals surface area contributed by atoms with Crippen LogP contribution >= 0.6 is 11.3 Å². The second-order valence-corrected chi connectivity index (χ2v) is 7.78. The molecule has 0 bridgehead atoms. The molecule has 0 saturated carbocycles. The van der Waals surface area contributed by atoms with E-state index >= 15 is 0 Å². The summed E-state index contributed by atoms with van der Waals surface area (Å²) in [7, 11) is 0. The second-order valence-electron chi connectivity index (χ2n) is 6.80. The van der Waals surface area contributed by atoms with Crippen molar-refractivity contribution in [2.75, 3.05) is 45.9 Å². The topological polar surface area (TPSA) is 78.0 Å². The van der Waals surface area contributed by atoms with Crippen molar-refractivity contribution in [1.82, 2.24) is 20.9 Å². The van der Waals surface area contributed by atoms with Gasteiger partial charge in [-0.3, -0.25) is 14.7 Å². The van der Waals surface area contributed by atoms with Gasteiger partial charge >= 0.3 is 0 Å². The summed E-state index contributed by atoms with van der Waals surface area (Å²) in [6, 6.07) is 4.69. The lowest BCUT2D eigenvalue weighted by molar-refractivity contribution is -0.121. The van der Waals surface area contributed by atoms with Crippen LogP contribution in [0.2, 0.25) is 0 Å². The molecule has 1 aromatic heterocycles. The Bertz CT molecular complexity index is 571. The Kier molecular flexibility index (Phi) is 9.58. The Balaban J connectivity index is 1.94. The number of amides is 1. The van der Waals surface area contributed by atoms with E-state index in [0.29, 0.717) is 19.5 Å². The fraction of sp³-hybridized carbons (Fsp3) is 0.684. The molecule has 0 radical (unpaired) electrons. The maximum absolute atomic E-state index is 11.8. The number of nitrogens with one attached hydrogen (secondary N) is 3. The molecule has 27 heavy (non-hydrogen) atoms. The van der Waals surface area contributed by atoms with E-state index in [-0.39, 0.29) is 18.0 Å². The summed E-state index contributed by atoms with van der Waals surface area (Å²) in [5.41, 5.74) is 0. The number of carbonyl (C=O) groups is 1. The van der Waals surface area contributed by atoms with E-state index in [4.69, 9.17) is 9.73 Å². The lowest BCUT2D eigenvalue weighted by Gasteiger charge is -2.33. The van der Waals surface area contributed by atoms with Crippen LogP contribution in [0.5, 0.6) is 0 Å². The lowest BCUT2D eigenvalue weighted by Crippen LogP contribution is -2.42. The fourth-order valence-electron chi connectivity index (χ4n) is 2.96. The predicted octanol–water partition coefficient (Wildman–Crippen LogP) is 1.59.